The van der Waals surface area contributed by atoms with Crippen LogP contribution in [0, 0.1) is 0 Å². The van der Waals surface area contributed by atoms with E-state index in [9.17, 15) is 25.3 Å². The van der Waals surface area contributed by atoms with E-state index in [4.69, 9.17) is 5.11 Å². The molecule has 0 aliphatic carbocycles. The first kappa shape index (κ1) is 14.7. The zero-order valence-electron chi connectivity index (χ0n) is 7.02. The highest BCUT2D eigenvalue weighted by atomic mass is 33.2. The van der Waals surface area contributed by atoms with Crippen LogP contribution in [0.15, 0.2) is 0 Å². The van der Waals surface area contributed by atoms with Crippen LogP contribution in [0.25, 0.3) is 0 Å². The van der Waals surface area contributed by atoms with Crippen molar-refractivity contribution in [1.29, 1.82) is 0 Å². The highest BCUT2D eigenvalue weighted by Crippen LogP contribution is 2.03. The van der Waals surface area contributed by atoms with Gasteiger partial charge >= 0.3 is 28.5 Å². The number of nitrogens with two attached hydrogens (primary N) is 1. The van der Waals surface area contributed by atoms with Crippen molar-refractivity contribution >= 4 is 28.5 Å². The summed E-state index contributed by atoms with van der Waals surface area (Å²) in [4.78, 5) is 0. The molecule has 0 unspecified atom stereocenters. The normalized spacial score (nSPS) is 14.0. The molecule has 0 aromatic heterocycles. The second kappa shape index (κ2) is 4.69. The van der Waals surface area contributed by atoms with Gasteiger partial charge in [0.05, 0.1) is 6.61 Å². The smallest absolute Gasteiger partial charge is 0.395 e. The molecule has 0 rings (SSSR count). The van der Waals surface area contributed by atoms with Crippen molar-refractivity contribution in [3.63, 3.8) is 0 Å². The molecule has 0 aliphatic rings. The molecule has 0 amide bonds. The third-order valence-electron chi connectivity index (χ3n) is 0.848. The summed E-state index contributed by atoms with van der Waals surface area (Å²) in [7, 11) is -15.5. The molecule has 0 aliphatic heterocycles. The van der Waals surface area contributed by atoms with Crippen LogP contribution in [0.5, 0.6) is 0 Å². The Balaban J connectivity index is 4.92. The second-order valence-electron chi connectivity index (χ2n) is 2.04. The van der Waals surface area contributed by atoms with Gasteiger partial charge < -0.3 is 5.11 Å². The molecular formula is C2H8N2O8S3. The zero-order chi connectivity index (χ0) is 12.3. The number of nitrogens with one attached hydrogen (secondary N) is 1. The fraction of sp³-hybridized carbons (Fsp3) is 1.00. The lowest BCUT2D eigenvalue weighted by Gasteiger charge is -2.04. The van der Waals surface area contributed by atoms with Gasteiger partial charge in [0.25, 0.3) is 0 Å². The Labute approximate surface area is 85.9 Å². The Bertz CT molecular complexity index is 498. The first-order valence-electron chi connectivity index (χ1n) is 3.11. The van der Waals surface area contributed by atoms with Crippen molar-refractivity contribution in [2.75, 3.05) is 13.2 Å². The van der Waals surface area contributed by atoms with Crippen LogP contribution in [0.4, 0.5) is 0 Å². The maximum Gasteiger partial charge on any atom is 0.404 e. The zero-order valence-corrected chi connectivity index (χ0v) is 9.47. The molecule has 0 atom stereocenters. The van der Waals surface area contributed by atoms with E-state index in [1.165, 1.54) is 4.72 Å². The van der Waals surface area contributed by atoms with Gasteiger partial charge in [-0.25, -0.2) is 5.14 Å². The van der Waals surface area contributed by atoms with Gasteiger partial charge in [-0.3, -0.25) is 0 Å². The van der Waals surface area contributed by atoms with Gasteiger partial charge in [-0.2, -0.15) is 30.0 Å². The Morgan fingerprint density at radius 2 is 1.60 bits per heavy atom. The summed E-state index contributed by atoms with van der Waals surface area (Å²) < 4.78 is 68.0. The highest BCUT2D eigenvalue weighted by Gasteiger charge is 2.33. The molecule has 0 spiro atoms. The summed E-state index contributed by atoms with van der Waals surface area (Å²) in [5.41, 5.74) is 0. The van der Waals surface area contributed by atoms with Gasteiger partial charge in [-0.1, -0.05) is 0 Å². The van der Waals surface area contributed by atoms with Crippen LogP contribution in [0.2, 0.25) is 0 Å². The second-order valence-corrected chi connectivity index (χ2v) is 8.20. The predicted octanol–water partition coefficient (Wildman–Crippen LogP) is -3.64. The Hall–Kier alpha value is -0.310. The maximum atomic E-state index is 10.7. The van der Waals surface area contributed by atoms with Gasteiger partial charge in [-0.15, -0.1) is 3.63 Å². The summed E-state index contributed by atoms with van der Waals surface area (Å²) in [6.07, 6.45) is 0. The lowest BCUT2D eigenvalue weighted by Crippen LogP contribution is -2.34. The molecule has 15 heavy (non-hydrogen) atoms. The van der Waals surface area contributed by atoms with E-state index in [2.05, 4.69) is 8.77 Å². The molecular weight excluding hydrogens is 276 g/mol. The van der Waals surface area contributed by atoms with Gasteiger partial charge in [0.2, 0.25) is 0 Å². The van der Waals surface area contributed by atoms with E-state index >= 15 is 0 Å². The van der Waals surface area contributed by atoms with Crippen molar-refractivity contribution in [1.82, 2.24) is 4.72 Å². The summed E-state index contributed by atoms with van der Waals surface area (Å²) in [6, 6.07) is 0. The van der Waals surface area contributed by atoms with Gasteiger partial charge in [0.15, 0.2) is 0 Å². The minimum atomic E-state index is -5.47. The highest BCUT2D eigenvalue weighted by molar-refractivity contribution is 8.65. The van der Waals surface area contributed by atoms with Crippen molar-refractivity contribution < 1.29 is 34.0 Å². The minimum absolute atomic E-state index is 0.539. The van der Waals surface area contributed by atoms with E-state index in [1.807, 2.05) is 0 Å². The first-order chi connectivity index (χ1) is 6.52. The largest absolute Gasteiger partial charge is 0.404 e. The molecule has 0 radical (unpaired) electrons. The Morgan fingerprint density at radius 1 is 1.13 bits per heavy atom. The molecule has 0 bridgehead atoms. The van der Waals surface area contributed by atoms with Crippen LogP contribution in [0.3, 0.4) is 0 Å². The molecule has 4 N–H and O–H groups in total. The summed E-state index contributed by atoms with van der Waals surface area (Å²) in [6.45, 7) is -1.17. The average molecular weight is 284 g/mol. The third kappa shape index (κ3) is 4.83. The predicted molar refractivity (Wildman–Crippen MR) is 47.1 cm³/mol. The van der Waals surface area contributed by atoms with Crippen LogP contribution in [0.1, 0.15) is 0 Å². The van der Waals surface area contributed by atoms with Gasteiger partial charge in [0.1, 0.15) is 0 Å². The molecule has 0 fully saturated rings. The van der Waals surface area contributed by atoms with Crippen LogP contribution in [-0.4, -0.2) is 43.5 Å². The van der Waals surface area contributed by atoms with E-state index in [-0.39, 0.29) is 0 Å². The molecule has 0 heterocycles. The summed E-state index contributed by atoms with van der Waals surface area (Å²) in [5, 5.41) is 12.4. The SMILES string of the molecule is NS(=O)(=O)S(=O)(=O)OS(=O)(=O)NCCO. The summed E-state index contributed by atoms with van der Waals surface area (Å²) in [5.74, 6) is 0. The molecule has 0 saturated heterocycles. The van der Waals surface area contributed by atoms with Crippen LogP contribution >= 0.6 is 0 Å². The topological polar surface area (TPSA) is 170 Å². The third-order valence-corrected chi connectivity index (χ3v) is 5.57. The Kier molecular flexibility index (Phi) is 4.59. The quantitative estimate of drug-likeness (QED) is 0.419. The standard InChI is InChI=1S/C2H8N2O8S3/c3-13(6,7)15(10,11)12-14(8,9)4-1-2-5/h4-5H,1-2H2,(H2,3,6,7). The molecule has 0 aromatic rings. The minimum Gasteiger partial charge on any atom is -0.395 e. The monoisotopic (exact) mass is 284 g/mol. The number of hydrogen-bond donors (Lipinski definition) is 3. The van der Waals surface area contributed by atoms with Crippen LogP contribution < -0.4 is 9.86 Å². The van der Waals surface area contributed by atoms with E-state index in [0.29, 0.717) is 0 Å². The molecule has 0 aromatic carbocycles. The van der Waals surface area contributed by atoms with Crippen molar-refractivity contribution in [3.05, 3.63) is 0 Å². The number of aliphatic hydroxyl groups is 1. The van der Waals surface area contributed by atoms with E-state index < -0.39 is 41.7 Å². The number of rotatable bonds is 6. The average Bonchev–Trinajstić information content (AvgIpc) is 1.96. The van der Waals surface area contributed by atoms with E-state index in [1.54, 1.807) is 0 Å². The number of hydrogen-bond acceptors (Lipinski definition) is 8. The maximum absolute atomic E-state index is 10.7. The lowest BCUT2D eigenvalue weighted by atomic mass is 10.8. The lowest BCUT2D eigenvalue weighted by molar-refractivity contribution is 0.299. The van der Waals surface area contributed by atoms with Crippen molar-refractivity contribution in [2.24, 2.45) is 5.14 Å². The Morgan fingerprint density at radius 3 is 1.93 bits per heavy atom. The summed E-state index contributed by atoms with van der Waals surface area (Å²) >= 11 is 0. The fourth-order valence-electron chi connectivity index (χ4n) is 0.343. The van der Waals surface area contributed by atoms with Crippen molar-refractivity contribution in [3.8, 4) is 0 Å². The first-order valence-corrected chi connectivity index (χ1v) is 7.99. The molecule has 10 nitrogen and oxygen atoms in total. The van der Waals surface area contributed by atoms with E-state index in [0.717, 1.165) is 0 Å². The van der Waals surface area contributed by atoms with Gasteiger partial charge in [0, 0.05) is 6.54 Å². The molecule has 13 heteroatoms. The fourth-order valence-corrected chi connectivity index (χ4v) is 3.42. The number of aliphatic hydroxyl groups excluding tert-OH is 1. The molecule has 0 saturated carbocycles. The van der Waals surface area contributed by atoms with Crippen LogP contribution in [-0.2, 0) is 32.1 Å². The molecule has 92 valence electrons. The van der Waals surface area contributed by atoms with Crippen molar-refractivity contribution in [2.45, 2.75) is 0 Å². The van der Waals surface area contributed by atoms with Gasteiger partial charge in [-0.05, 0) is 0 Å².